The molecule has 0 aliphatic carbocycles. The zero-order valence-electron chi connectivity index (χ0n) is 18.2. The number of likely N-dealkylation sites (N-methyl/N-ethyl adjacent to an activating group) is 1. The third kappa shape index (κ3) is 5.61. The fourth-order valence-electron chi connectivity index (χ4n) is 3.31. The summed E-state index contributed by atoms with van der Waals surface area (Å²) >= 11 is 0. The Morgan fingerprint density at radius 3 is 2.45 bits per heavy atom. The SMILES string of the molecule is CCN(CC(=O)Nc1ccccc1C(F)(F)F)Cc1nc2cc(OC)c(OC)cc2c(=O)[nH]1. The predicted molar refractivity (Wildman–Crippen MR) is 116 cm³/mol. The Hall–Kier alpha value is -3.60. The van der Waals surface area contributed by atoms with Crippen LogP contribution in [0, 0.1) is 0 Å². The van der Waals surface area contributed by atoms with E-state index in [1.165, 1.54) is 38.5 Å². The van der Waals surface area contributed by atoms with Crippen molar-refractivity contribution in [3.05, 3.63) is 58.1 Å². The maximum absolute atomic E-state index is 13.2. The number of nitrogens with one attached hydrogen (secondary N) is 2. The number of anilines is 1. The molecule has 0 spiro atoms. The van der Waals surface area contributed by atoms with Crippen molar-refractivity contribution in [3.63, 3.8) is 0 Å². The summed E-state index contributed by atoms with van der Waals surface area (Å²) in [5, 5.41) is 2.62. The molecule has 3 aromatic rings. The van der Waals surface area contributed by atoms with Gasteiger partial charge in [-0.25, -0.2) is 4.98 Å². The molecule has 0 saturated heterocycles. The van der Waals surface area contributed by atoms with Crippen LogP contribution < -0.4 is 20.3 Å². The van der Waals surface area contributed by atoms with Crippen LogP contribution in [0.4, 0.5) is 18.9 Å². The van der Waals surface area contributed by atoms with Gasteiger partial charge in [-0.1, -0.05) is 19.1 Å². The summed E-state index contributed by atoms with van der Waals surface area (Å²) in [6.45, 7) is 2.08. The van der Waals surface area contributed by atoms with E-state index in [0.29, 0.717) is 34.8 Å². The van der Waals surface area contributed by atoms with Crippen molar-refractivity contribution in [2.45, 2.75) is 19.6 Å². The maximum atomic E-state index is 13.2. The second-order valence-corrected chi connectivity index (χ2v) is 7.13. The summed E-state index contributed by atoms with van der Waals surface area (Å²) in [7, 11) is 2.92. The molecule has 8 nitrogen and oxygen atoms in total. The van der Waals surface area contributed by atoms with Gasteiger partial charge in [0.25, 0.3) is 5.56 Å². The smallest absolute Gasteiger partial charge is 0.418 e. The monoisotopic (exact) mass is 464 g/mol. The van der Waals surface area contributed by atoms with Gasteiger partial charge < -0.3 is 19.8 Å². The van der Waals surface area contributed by atoms with Gasteiger partial charge in [-0.2, -0.15) is 13.2 Å². The number of ether oxygens (including phenoxy) is 2. The molecule has 3 rings (SSSR count). The van der Waals surface area contributed by atoms with Crippen LogP contribution in [0.1, 0.15) is 18.3 Å². The fourth-order valence-corrected chi connectivity index (χ4v) is 3.31. The van der Waals surface area contributed by atoms with E-state index in [-0.39, 0.29) is 18.8 Å². The van der Waals surface area contributed by atoms with Crippen LogP contribution in [0.15, 0.2) is 41.2 Å². The minimum Gasteiger partial charge on any atom is -0.493 e. The molecule has 0 aliphatic rings. The molecular formula is C22H23F3N4O4. The van der Waals surface area contributed by atoms with E-state index in [1.807, 2.05) is 0 Å². The van der Waals surface area contributed by atoms with Gasteiger partial charge in [-0.05, 0) is 24.7 Å². The first kappa shape index (κ1) is 24.1. The number of carbonyl (C=O) groups is 1. The topological polar surface area (TPSA) is 96.6 Å². The molecule has 0 radical (unpaired) electrons. The Bertz CT molecular complexity index is 1210. The molecule has 0 aliphatic heterocycles. The summed E-state index contributed by atoms with van der Waals surface area (Å²) in [5.41, 5.74) is -1.25. The molecule has 1 amide bonds. The lowest BCUT2D eigenvalue weighted by atomic mass is 10.1. The first-order valence-corrected chi connectivity index (χ1v) is 9.99. The van der Waals surface area contributed by atoms with E-state index in [1.54, 1.807) is 17.9 Å². The van der Waals surface area contributed by atoms with Gasteiger partial charge in [0.15, 0.2) is 11.5 Å². The lowest BCUT2D eigenvalue weighted by Crippen LogP contribution is -2.34. The lowest BCUT2D eigenvalue weighted by molar-refractivity contribution is -0.137. The number of amides is 1. The Morgan fingerprint density at radius 2 is 1.82 bits per heavy atom. The van der Waals surface area contributed by atoms with Crippen molar-refractivity contribution in [2.75, 3.05) is 32.6 Å². The van der Waals surface area contributed by atoms with Crippen LogP contribution in [0.2, 0.25) is 0 Å². The molecule has 11 heteroatoms. The summed E-state index contributed by atoms with van der Waals surface area (Å²) in [6.07, 6.45) is -4.59. The van der Waals surface area contributed by atoms with Crippen molar-refractivity contribution in [2.24, 2.45) is 0 Å². The van der Waals surface area contributed by atoms with E-state index in [2.05, 4.69) is 15.3 Å². The Balaban J connectivity index is 1.78. The Kier molecular flexibility index (Phi) is 7.22. The molecule has 0 bridgehead atoms. The van der Waals surface area contributed by atoms with Gasteiger partial charge in [-0.15, -0.1) is 0 Å². The zero-order valence-corrected chi connectivity index (χ0v) is 18.2. The van der Waals surface area contributed by atoms with Gasteiger partial charge in [0.2, 0.25) is 5.91 Å². The summed E-state index contributed by atoms with van der Waals surface area (Å²) in [6, 6.07) is 7.86. The number of para-hydroxylation sites is 1. The van der Waals surface area contributed by atoms with E-state index < -0.39 is 23.2 Å². The Morgan fingerprint density at radius 1 is 1.15 bits per heavy atom. The number of methoxy groups -OCH3 is 2. The molecular weight excluding hydrogens is 441 g/mol. The molecule has 0 saturated carbocycles. The van der Waals surface area contributed by atoms with Gasteiger partial charge in [-0.3, -0.25) is 14.5 Å². The molecule has 1 aromatic heterocycles. The molecule has 0 fully saturated rings. The highest BCUT2D eigenvalue weighted by molar-refractivity contribution is 5.93. The number of H-pyrrole nitrogens is 1. The minimum atomic E-state index is -4.59. The van der Waals surface area contributed by atoms with Crippen molar-refractivity contribution >= 4 is 22.5 Å². The molecule has 33 heavy (non-hydrogen) atoms. The average molecular weight is 464 g/mol. The number of nitrogens with zero attached hydrogens (tertiary/aromatic N) is 2. The molecule has 0 unspecified atom stereocenters. The van der Waals surface area contributed by atoms with E-state index >= 15 is 0 Å². The normalized spacial score (nSPS) is 11.6. The standard InChI is InChI=1S/C22H23F3N4O4/c1-4-29(12-20(30)27-15-8-6-5-7-14(15)22(23,24)25)11-19-26-16-10-18(33-3)17(32-2)9-13(16)21(31)28-19/h5-10H,4,11-12H2,1-3H3,(H,27,30)(H,26,28,31). The molecule has 2 N–H and O–H groups in total. The van der Waals surface area contributed by atoms with Crippen LogP contribution in [-0.4, -0.2) is 48.1 Å². The molecule has 0 atom stereocenters. The number of rotatable bonds is 8. The third-order valence-electron chi connectivity index (χ3n) is 4.95. The van der Waals surface area contributed by atoms with Crippen molar-refractivity contribution in [1.29, 1.82) is 0 Å². The first-order chi connectivity index (χ1) is 15.7. The molecule has 176 valence electrons. The lowest BCUT2D eigenvalue weighted by Gasteiger charge is -2.20. The first-order valence-electron chi connectivity index (χ1n) is 9.99. The summed E-state index contributed by atoms with van der Waals surface area (Å²) < 4.78 is 49.9. The molecule has 1 heterocycles. The van der Waals surface area contributed by atoms with Gasteiger partial charge in [0.05, 0.1) is 49.5 Å². The summed E-state index contributed by atoms with van der Waals surface area (Å²) in [4.78, 5) is 33.7. The number of carbonyl (C=O) groups excluding carboxylic acids is 1. The van der Waals surface area contributed by atoms with Crippen LogP contribution in [0.3, 0.4) is 0 Å². The van der Waals surface area contributed by atoms with Gasteiger partial charge in [0.1, 0.15) is 5.82 Å². The number of aromatic amines is 1. The number of halogens is 3. The predicted octanol–water partition coefficient (Wildman–Crippen LogP) is 3.42. The number of benzene rings is 2. The third-order valence-corrected chi connectivity index (χ3v) is 4.95. The highest BCUT2D eigenvalue weighted by atomic mass is 19.4. The second kappa shape index (κ2) is 9.90. The average Bonchev–Trinajstić information content (AvgIpc) is 2.77. The number of hydrogen-bond donors (Lipinski definition) is 2. The number of hydrogen-bond acceptors (Lipinski definition) is 6. The minimum absolute atomic E-state index is 0.102. The van der Waals surface area contributed by atoms with Crippen LogP contribution in [0.25, 0.3) is 10.9 Å². The van der Waals surface area contributed by atoms with Gasteiger partial charge in [0, 0.05) is 6.07 Å². The van der Waals surface area contributed by atoms with Crippen LogP contribution in [0.5, 0.6) is 11.5 Å². The van der Waals surface area contributed by atoms with Crippen LogP contribution >= 0.6 is 0 Å². The number of alkyl halides is 3. The van der Waals surface area contributed by atoms with E-state index in [4.69, 9.17) is 9.47 Å². The van der Waals surface area contributed by atoms with Crippen molar-refractivity contribution in [1.82, 2.24) is 14.9 Å². The number of aromatic nitrogens is 2. The highest BCUT2D eigenvalue weighted by Gasteiger charge is 2.33. The van der Waals surface area contributed by atoms with Crippen molar-refractivity contribution in [3.8, 4) is 11.5 Å². The van der Waals surface area contributed by atoms with Crippen LogP contribution in [-0.2, 0) is 17.5 Å². The van der Waals surface area contributed by atoms with Gasteiger partial charge >= 0.3 is 6.18 Å². The van der Waals surface area contributed by atoms with E-state index in [0.717, 1.165) is 6.07 Å². The maximum Gasteiger partial charge on any atom is 0.418 e. The quantitative estimate of drug-likeness (QED) is 0.530. The molecule has 2 aromatic carbocycles. The zero-order chi connectivity index (χ0) is 24.2. The fraction of sp³-hybridized carbons (Fsp3) is 0.318. The second-order valence-electron chi connectivity index (χ2n) is 7.13. The number of fused-ring (bicyclic) bond motifs is 1. The largest absolute Gasteiger partial charge is 0.493 e. The van der Waals surface area contributed by atoms with Crippen molar-refractivity contribution < 1.29 is 27.4 Å². The Labute approximate surface area is 187 Å². The van der Waals surface area contributed by atoms with E-state index in [9.17, 15) is 22.8 Å². The highest BCUT2D eigenvalue weighted by Crippen LogP contribution is 2.34. The summed E-state index contributed by atoms with van der Waals surface area (Å²) in [5.74, 6) is 0.466.